The van der Waals surface area contributed by atoms with Gasteiger partial charge in [-0.15, -0.1) is 0 Å². The van der Waals surface area contributed by atoms with E-state index >= 15 is 0 Å². The van der Waals surface area contributed by atoms with Crippen LogP contribution in [-0.4, -0.2) is 54.6 Å². The molecule has 7 nitrogen and oxygen atoms in total. The molecule has 1 saturated heterocycles. The lowest BCUT2D eigenvalue weighted by molar-refractivity contribution is -0.128. The number of carboxylic acids is 1. The smallest absolute Gasteiger partial charge is 0.337 e. The van der Waals surface area contributed by atoms with Crippen LogP contribution in [0.25, 0.3) is 0 Å². The fourth-order valence-electron chi connectivity index (χ4n) is 2.40. The maximum absolute atomic E-state index is 12.3. The highest BCUT2D eigenvalue weighted by Gasteiger charge is 2.34. The van der Waals surface area contributed by atoms with Gasteiger partial charge in [0.25, 0.3) is 0 Å². The second-order valence-electron chi connectivity index (χ2n) is 5.22. The monoisotopic (exact) mass is 384 g/mol. The molecule has 1 atom stereocenters. The lowest BCUT2D eigenvalue weighted by Crippen LogP contribution is -2.31. The number of benzene rings is 1. The second kappa shape index (κ2) is 7.56. The van der Waals surface area contributed by atoms with Gasteiger partial charge in [0, 0.05) is 31.1 Å². The predicted octanol–water partition coefficient (Wildman–Crippen LogP) is 1.58. The van der Waals surface area contributed by atoms with Crippen LogP contribution in [0, 0.1) is 5.92 Å². The Hall–Kier alpha value is -1.93. The molecule has 1 fully saturated rings. The van der Waals surface area contributed by atoms with E-state index in [1.165, 1.54) is 12.1 Å². The van der Waals surface area contributed by atoms with Gasteiger partial charge in [-0.25, -0.2) is 4.79 Å². The SMILES string of the molecule is COCCN1CC(C(=O)Nc2ccc(Br)cc2C(=O)O)CC1=O. The molecule has 1 aromatic rings. The minimum Gasteiger partial charge on any atom is -0.478 e. The Bertz CT molecular complexity index is 634. The number of aromatic carboxylic acids is 1. The Labute approximate surface area is 141 Å². The number of nitrogens with zero attached hydrogens (tertiary/aromatic N) is 1. The van der Waals surface area contributed by atoms with E-state index in [0.717, 1.165) is 0 Å². The van der Waals surface area contributed by atoms with E-state index in [4.69, 9.17) is 4.74 Å². The summed E-state index contributed by atoms with van der Waals surface area (Å²) < 4.78 is 5.54. The van der Waals surface area contributed by atoms with Crippen molar-refractivity contribution in [1.29, 1.82) is 0 Å². The number of ether oxygens (including phenoxy) is 1. The first-order valence-electron chi connectivity index (χ1n) is 7.02. The average Bonchev–Trinajstić information content (AvgIpc) is 2.88. The standard InChI is InChI=1S/C15H17BrN2O5/c1-23-5-4-18-8-9(6-13(18)19)14(20)17-12-3-2-10(16)7-11(12)15(21)22/h2-3,7,9H,4-6,8H2,1H3,(H,17,20)(H,21,22). The molecule has 0 spiro atoms. The summed E-state index contributed by atoms with van der Waals surface area (Å²) >= 11 is 3.20. The van der Waals surface area contributed by atoms with Crippen LogP contribution in [-0.2, 0) is 14.3 Å². The van der Waals surface area contributed by atoms with Crippen LogP contribution in [0.2, 0.25) is 0 Å². The summed E-state index contributed by atoms with van der Waals surface area (Å²) in [5.74, 6) is -2.09. The van der Waals surface area contributed by atoms with E-state index < -0.39 is 11.9 Å². The molecular formula is C15H17BrN2O5. The molecule has 0 saturated carbocycles. The van der Waals surface area contributed by atoms with Crippen molar-refractivity contribution in [2.45, 2.75) is 6.42 Å². The Kier molecular flexibility index (Phi) is 5.73. The lowest BCUT2D eigenvalue weighted by Gasteiger charge is -2.16. The van der Waals surface area contributed by atoms with Crippen LogP contribution in [0.4, 0.5) is 5.69 Å². The van der Waals surface area contributed by atoms with Crippen LogP contribution in [0.15, 0.2) is 22.7 Å². The molecule has 0 aliphatic carbocycles. The topological polar surface area (TPSA) is 95.9 Å². The van der Waals surface area contributed by atoms with E-state index in [1.54, 1.807) is 18.1 Å². The van der Waals surface area contributed by atoms with Gasteiger partial charge < -0.3 is 20.1 Å². The van der Waals surface area contributed by atoms with Gasteiger partial charge in [0.2, 0.25) is 11.8 Å². The number of amides is 2. The first-order chi connectivity index (χ1) is 10.9. The third-order valence-corrected chi connectivity index (χ3v) is 4.11. The number of likely N-dealkylation sites (tertiary alicyclic amines) is 1. The number of carbonyl (C=O) groups excluding carboxylic acids is 2. The number of methoxy groups -OCH3 is 1. The van der Waals surface area contributed by atoms with Crippen LogP contribution < -0.4 is 5.32 Å². The molecule has 1 aromatic carbocycles. The van der Waals surface area contributed by atoms with Crippen molar-refractivity contribution in [3.8, 4) is 0 Å². The zero-order valence-electron chi connectivity index (χ0n) is 12.5. The number of anilines is 1. The summed E-state index contributed by atoms with van der Waals surface area (Å²) in [7, 11) is 1.55. The summed E-state index contributed by atoms with van der Waals surface area (Å²) in [6.07, 6.45) is 0.120. The molecule has 23 heavy (non-hydrogen) atoms. The molecule has 2 rings (SSSR count). The zero-order valence-corrected chi connectivity index (χ0v) is 14.1. The molecule has 1 aliphatic heterocycles. The van der Waals surface area contributed by atoms with Gasteiger partial charge in [-0.3, -0.25) is 9.59 Å². The Morgan fingerprint density at radius 2 is 2.22 bits per heavy atom. The summed E-state index contributed by atoms with van der Waals surface area (Å²) in [6, 6.07) is 4.58. The molecule has 124 valence electrons. The number of rotatable bonds is 6. The van der Waals surface area contributed by atoms with E-state index in [2.05, 4.69) is 21.2 Å². The minimum absolute atomic E-state index is 0.00622. The highest BCUT2D eigenvalue weighted by atomic mass is 79.9. The summed E-state index contributed by atoms with van der Waals surface area (Å²) in [4.78, 5) is 37.0. The van der Waals surface area contributed by atoms with E-state index in [1.807, 2.05) is 0 Å². The quantitative estimate of drug-likeness (QED) is 0.775. The molecule has 1 unspecified atom stereocenters. The Morgan fingerprint density at radius 3 is 2.87 bits per heavy atom. The van der Waals surface area contributed by atoms with Gasteiger partial charge in [0.05, 0.1) is 23.8 Å². The van der Waals surface area contributed by atoms with E-state index in [-0.39, 0.29) is 29.5 Å². The third-order valence-electron chi connectivity index (χ3n) is 3.62. The first kappa shape index (κ1) is 17.4. The van der Waals surface area contributed by atoms with Crippen LogP contribution in [0.3, 0.4) is 0 Å². The van der Waals surface area contributed by atoms with Crippen LogP contribution in [0.1, 0.15) is 16.8 Å². The highest BCUT2D eigenvalue weighted by molar-refractivity contribution is 9.10. The van der Waals surface area contributed by atoms with Crippen LogP contribution >= 0.6 is 15.9 Å². The Balaban J connectivity index is 2.06. The maximum Gasteiger partial charge on any atom is 0.337 e. The molecule has 2 amide bonds. The number of nitrogens with one attached hydrogen (secondary N) is 1. The predicted molar refractivity (Wildman–Crippen MR) is 86.3 cm³/mol. The maximum atomic E-state index is 12.3. The second-order valence-corrected chi connectivity index (χ2v) is 6.13. The first-order valence-corrected chi connectivity index (χ1v) is 7.82. The molecule has 1 heterocycles. The fraction of sp³-hybridized carbons (Fsp3) is 0.400. The van der Waals surface area contributed by atoms with Gasteiger partial charge in [0.1, 0.15) is 0 Å². The fourth-order valence-corrected chi connectivity index (χ4v) is 2.76. The van der Waals surface area contributed by atoms with Crippen molar-refractivity contribution in [2.75, 3.05) is 32.1 Å². The molecule has 0 bridgehead atoms. The van der Waals surface area contributed by atoms with Crippen molar-refractivity contribution < 1.29 is 24.2 Å². The van der Waals surface area contributed by atoms with Crippen molar-refractivity contribution in [1.82, 2.24) is 4.90 Å². The number of carboxylic acid groups (broad SMARTS) is 1. The van der Waals surface area contributed by atoms with Gasteiger partial charge >= 0.3 is 5.97 Å². The molecule has 2 N–H and O–H groups in total. The van der Waals surface area contributed by atoms with Crippen molar-refractivity contribution in [2.24, 2.45) is 5.92 Å². The van der Waals surface area contributed by atoms with Gasteiger partial charge in [0.15, 0.2) is 0 Å². The number of hydrogen-bond donors (Lipinski definition) is 2. The van der Waals surface area contributed by atoms with E-state index in [9.17, 15) is 19.5 Å². The number of carbonyl (C=O) groups is 3. The summed E-state index contributed by atoms with van der Waals surface area (Å²) in [6.45, 7) is 1.17. The van der Waals surface area contributed by atoms with E-state index in [0.29, 0.717) is 24.2 Å². The van der Waals surface area contributed by atoms with Crippen molar-refractivity contribution in [3.05, 3.63) is 28.2 Å². The zero-order chi connectivity index (χ0) is 17.0. The minimum atomic E-state index is -1.13. The summed E-state index contributed by atoms with van der Waals surface area (Å²) in [5, 5.41) is 11.8. The number of hydrogen-bond acceptors (Lipinski definition) is 4. The van der Waals surface area contributed by atoms with Crippen molar-refractivity contribution >= 4 is 39.4 Å². The van der Waals surface area contributed by atoms with Gasteiger partial charge in [-0.1, -0.05) is 15.9 Å². The molecular weight excluding hydrogens is 368 g/mol. The van der Waals surface area contributed by atoms with Crippen molar-refractivity contribution in [3.63, 3.8) is 0 Å². The highest BCUT2D eigenvalue weighted by Crippen LogP contribution is 2.24. The molecule has 0 aromatic heterocycles. The lowest BCUT2D eigenvalue weighted by atomic mass is 10.1. The molecule has 0 radical (unpaired) electrons. The Morgan fingerprint density at radius 1 is 1.48 bits per heavy atom. The van der Waals surface area contributed by atoms with Crippen LogP contribution in [0.5, 0.6) is 0 Å². The third kappa shape index (κ3) is 4.29. The molecule has 8 heteroatoms. The summed E-state index contributed by atoms with van der Waals surface area (Å²) in [5.41, 5.74) is 0.210. The van der Waals surface area contributed by atoms with Gasteiger partial charge in [-0.2, -0.15) is 0 Å². The average molecular weight is 385 g/mol. The van der Waals surface area contributed by atoms with Gasteiger partial charge in [-0.05, 0) is 18.2 Å². The largest absolute Gasteiger partial charge is 0.478 e. The number of halogens is 1. The normalized spacial score (nSPS) is 17.4. The molecule has 1 aliphatic rings.